The summed E-state index contributed by atoms with van der Waals surface area (Å²) >= 11 is 2.90. The van der Waals surface area contributed by atoms with Crippen LogP contribution in [0.5, 0.6) is 11.5 Å². The molecule has 0 bridgehead atoms. The summed E-state index contributed by atoms with van der Waals surface area (Å²) in [5, 5.41) is 27.8. The van der Waals surface area contributed by atoms with Gasteiger partial charge in [-0.15, -0.1) is 0 Å². The summed E-state index contributed by atoms with van der Waals surface area (Å²) in [7, 11) is 0. The largest absolute Gasteiger partial charge is 0.504 e. The number of rotatable bonds is 3. The van der Waals surface area contributed by atoms with Gasteiger partial charge in [0.2, 0.25) is 0 Å². The Morgan fingerprint density at radius 3 is 2.47 bits per heavy atom. The van der Waals surface area contributed by atoms with Crippen molar-refractivity contribution in [3.63, 3.8) is 0 Å². The number of aromatic hydroxyl groups is 2. The van der Waals surface area contributed by atoms with Gasteiger partial charge in [0.05, 0.1) is 10.9 Å². The molecule has 0 atom stereocenters. The molecule has 0 aliphatic rings. The van der Waals surface area contributed by atoms with Gasteiger partial charge in [-0.1, -0.05) is 13.8 Å². The van der Waals surface area contributed by atoms with Crippen molar-refractivity contribution >= 4 is 21.9 Å². The molecule has 0 spiro atoms. The van der Waals surface area contributed by atoms with Crippen LogP contribution < -0.4 is 0 Å². The maximum atomic E-state index is 13.9. The monoisotopic (exact) mass is 306 g/mol. The second-order valence-corrected chi connectivity index (χ2v) is 5.22. The van der Waals surface area contributed by atoms with E-state index >= 15 is 0 Å². The SMILES string of the molecule is CC(C)(CC(=O)O)c1c(O)c(O)cc(Br)c1F. The number of phenols is 2. The van der Waals surface area contributed by atoms with E-state index in [0.29, 0.717) is 0 Å². The maximum Gasteiger partial charge on any atom is 0.304 e. The van der Waals surface area contributed by atoms with Crippen LogP contribution in [-0.4, -0.2) is 21.3 Å². The molecule has 0 aliphatic heterocycles. The summed E-state index contributed by atoms with van der Waals surface area (Å²) in [5.41, 5.74) is -1.35. The van der Waals surface area contributed by atoms with Crippen LogP contribution in [0.1, 0.15) is 25.8 Å². The molecular formula is C11H12BrFO4. The lowest BCUT2D eigenvalue weighted by molar-refractivity contribution is -0.138. The third kappa shape index (κ3) is 2.69. The molecule has 1 aromatic carbocycles. The minimum Gasteiger partial charge on any atom is -0.504 e. The Morgan fingerprint density at radius 2 is 2.00 bits per heavy atom. The lowest BCUT2D eigenvalue weighted by Gasteiger charge is -2.25. The Kier molecular flexibility index (Phi) is 3.66. The van der Waals surface area contributed by atoms with E-state index in [2.05, 4.69) is 15.9 Å². The lowest BCUT2D eigenvalue weighted by atomic mass is 9.80. The lowest BCUT2D eigenvalue weighted by Crippen LogP contribution is -2.23. The van der Waals surface area contributed by atoms with Crippen molar-refractivity contribution in [1.82, 2.24) is 0 Å². The second-order valence-electron chi connectivity index (χ2n) is 4.37. The van der Waals surface area contributed by atoms with Crippen LogP contribution in [0.2, 0.25) is 0 Å². The summed E-state index contributed by atoms with van der Waals surface area (Å²) in [4.78, 5) is 10.7. The zero-order valence-corrected chi connectivity index (χ0v) is 10.9. The first kappa shape index (κ1) is 13.8. The van der Waals surface area contributed by atoms with Crippen LogP contribution in [0.25, 0.3) is 0 Å². The summed E-state index contributed by atoms with van der Waals surface area (Å²) in [6.45, 7) is 2.95. The fraction of sp³-hybridized carbons (Fsp3) is 0.364. The first-order valence-corrected chi connectivity index (χ1v) is 5.58. The summed E-state index contributed by atoms with van der Waals surface area (Å²) in [6, 6.07) is 1.02. The van der Waals surface area contributed by atoms with E-state index < -0.39 is 28.7 Å². The Bertz CT molecular complexity index is 445. The molecule has 0 unspecified atom stereocenters. The molecule has 4 nitrogen and oxygen atoms in total. The van der Waals surface area contributed by atoms with E-state index in [1.165, 1.54) is 13.8 Å². The van der Waals surface area contributed by atoms with Gasteiger partial charge in [-0.25, -0.2) is 4.39 Å². The van der Waals surface area contributed by atoms with Crippen LogP contribution in [-0.2, 0) is 10.2 Å². The van der Waals surface area contributed by atoms with Crippen molar-refractivity contribution in [3.8, 4) is 11.5 Å². The smallest absolute Gasteiger partial charge is 0.304 e. The highest BCUT2D eigenvalue weighted by Gasteiger charge is 2.32. The Balaban J connectivity index is 3.44. The fourth-order valence-corrected chi connectivity index (χ4v) is 2.10. The fourth-order valence-electron chi connectivity index (χ4n) is 1.69. The van der Waals surface area contributed by atoms with E-state index in [4.69, 9.17) is 5.11 Å². The van der Waals surface area contributed by atoms with Crippen LogP contribution in [0, 0.1) is 5.82 Å². The number of phenolic OH excluding ortho intramolecular Hbond substituents is 2. The third-order valence-corrected chi connectivity index (χ3v) is 3.02. The normalized spacial score (nSPS) is 11.5. The molecule has 0 saturated carbocycles. The van der Waals surface area contributed by atoms with Gasteiger partial charge >= 0.3 is 5.97 Å². The van der Waals surface area contributed by atoms with Crippen LogP contribution in [0.3, 0.4) is 0 Å². The zero-order valence-electron chi connectivity index (χ0n) is 9.29. The Labute approximate surface area is 106 Å². The maximum absolute atomic E-state index is 13.9. The number of carbonyl (C=O) groups is 1. The molecule has 6 heteroatoms. The van der Waals surface area contributed by atoms with E-state index in [1.54, 1.807) is 0 Å². The average molecular weight is 307 g/mol. The molecule has 0 amide bonds. The number of hydrogen-bond donors (Lipinski definition) is 3. The van der Waals surface area contributed by atoms with Gasteiger partial charge in [-0.2, -0.15) is 0 Å². The van der Waals surface area contributed by atoms with E-state index in [0.717, 1.165) is 6.07 Å². The van der Waals surface area contributed by atoms with Gasteiger partial charge in [0, 0.05) is 17.0 Å². The van der Waals surface area contributed by atoms with Crippen LogP contribution in [0.4, 0.5) is 4.39 Å². The predicted molar refractivity (Wildman–Crippen MR) is 62.7 cm³/mol. The highest BCUT2D eigenvalue weighted by atomic mass is 79.9. The van der Waals surface area contributed by atoms with Crippen LogP contribution >= 0.6 is 15.9 Å². The van der Waals surface area contributed by atoms with Gasteiger partial charge in [0.1, 0.15) is 5.82 Å². The standard InChI is InChI=1S/C11H12BrFO4/c1-11(2,4-7(15)16)8-9(13)5(12)3-6(14)10(8)17/h3,14,17H,4H2,1-2H3,(H,15,16). The molecular weight excluding hydrogens is 295 g/mol. The van der Waals surface area contributed by atoms with Gasteiger partial charge in [-0.3, -0.25) is 4.79 Å². The van der Waals surface area contributed by atoms with Crippen molar-refractivity contribution in [2.24, 2.45) is 0 Å². The first-order chi connectivity index (χ1) is 7.66. The summed E-state index contributed by atoms with van der Waals surface area (Å²) < 4.78 is 13.9. The molecule has 0 aromatic heterocycles. The minimum atomic E-state index is -1.14. The van der Waals surface area contributed by atoms with E-state index in [-0.39, 0.29) is 16.5 Å². The topological polar surface area (TPSA) is 77.8 Å². The molecule has 94 valence electrons. The molecule has 0 saturated heterocycles. The summed E-state index contributed by atoms with van der Waals surface area (Å²) in [5.74, 6) is -3.01. The highest BCUT2D eigenvalue weighted by molar-refractivity contribution is 9.10. The number of carboxylic acids is 1. The van der Waals surface area contributed by atoms with Gasteiger partial charge in [0.25, 0.3) is 0 Å². The molecule has 0 radical (unpaired) electrons. The van der Waals surface area contributed by atoms with Gasteiger partial charge in [-0.05, 0) is 15.9 Å². The van der Waals surface area contributed by atoms with Crippen molar-refractivity contribution < 1.29 is 24.5 Å². The van der Waals surface area contributed by atoms with Crippen molar-refractivity contribution in [2.75, 3.05) is 0 Å². The van der Waals surface area contributed by atoms with Crippen LogP contribution in [0.15, 0.2) is 10.5 Å². The molecule has 0 fully saturated rings. The molecule has 1 rings (SSSR count). The number of halogens is 2. The minimum absolute atomic E-state index is 0.0266. The van der Waals surface area contributed by atoms with Gasteiger partial charge in [0.15, 0.2) is 11.5 Å². The second kappa shape index (κ2) is 4.52. The molecule has 1 aromatic rings. The van der Waals surface area contributed by atoms with Crippen molar-refractivity contribution in [3.05, 3.63) is 21.9 Å². The Morgan fingerprint density at radius 1 is 1.47 bits per heavy atom. The van der Waals surface area contributed by atoms with Crippen molar-refractivity contribution in [2.45, 2.75) is 25.7 Å². The van der Waals surface area contributed by atoms with Gasteiger partial charge < -0.3 is 15.3 Å². The predicted octanol–water partition coefficient (Wildman–Crippen LogP) is 2.75. The third-order valence-electron chi connectivity index (χ3n) is 2.44. The zero-order chi connectivity index (χ0) is 13.4. The quantitative estimate of drug-likeness (QED) is 0.750. The molecule has 3 N–H and O–H groups in total. The molecule has 0 aliphatic carbocycles. The first-order valence-electron chi connectivity index (χ1n) is 4.79. The van der Waals surface area contributed by atoms with Crippen molar-refractivity contribution in [1.29, 1.82) is 0 Å². The number of hydrogen-bond acceptors (Lipinski definition) is 3. The van der Waals surface area contributed by atoms with E-state index in [1.807, 2.05) is 0 Å². The number of carboxylic acid groups (broad SMARTS) is 1. The van der Waals surface area contributed by atoms with E-state index in [9.17, 15) is 19.4 Å². The Hall–Kier alpha value is -1.30. The highest BCUT2D eigenvalue weighted by Crippen LogP contribution is 2.43. The summed E-state index contributed by atoms with van der Waals surface area (Å²) in [6.07, 6.45) is -0.368. The molecule has 17 heavy (non-hydrogen) atoms. The number of benzene rings is 1. The number of aliphatic carboxylic acids is 1. The molecule has 0 heterocycles. The average Bonchev–Trinajstić information content (AvgIpc) is 2.12.